The lowest BCUT2D eigenvalue weighted by Gasteiger charge is -1.97. The molecule has 1 aliphatic rings. The number of hydrogen-bond donors (Lipinski definition) is 1. The van der Waals surface area contributed by atoms with Crippen molar-refractivity contribution in [2.24, 2.45) is 5.11 Å². The number of nitrogens with one attached hydrogen (secondary N) is 1. The number of rotatable bonds is 2. The molecule has 0 saturated carbocycles. The Morgan fingerprint density at radius 3 is 2.69 bits per heavy atom. The molecular weight excluding hydrogens is 218 g/mol. The van der Waals surface area contributed by atoms with Gasteiger partial charge >= 0.3 is 5.22 Å². The minimum absolute atomic E-state index is 0.906. The summed E-state index contributed by atoms with van der Waals surface area (Å²) in [5.74, 6) is 0. The molecule has 0 fully saturated rings. The molecule has 77 valence electrons. The van der Waals surface area contributed by atoms with Gasteiger partial charge in [-0.15, -0.1) is 11.3 Å². The van der Waals surface area contributed by atoms with Gasteiger partial charge < -0.3 is 0 Å². The van der Waals surface area contributed by atoms with Crippen LogP contribution < -0.4 is 10.6 Å². The van der Waals surface area contributed by atoms with Crippen molar-refractivity contribution in [1.29, 1.82) is 0 Å². The smallest absolute Gasteiger partial charge is 0.142 e. The van der Waals surface area contributed by atoms with E-state index in [2.05, 4.69) is 21.8 Å². The third-order valence-corrected chi connectivity index (χ3v) is 3.25. The van der Waals surface area contributed by atoms with Crippen LogP contribution in [0.2, 0.25) is 0 Å². The fourth-order valence-electron chi connectivity index (χ4n) is 1.62. The SMILES string of the molecule is c1ccc(C2=C(c3cccs3)N[N+]=N2)cc1. The second-order valence-electron chi connectivity index (χ2n) is 3.38. The van der Waals surface area contributed by atoms with Gasteiger partial charge in [-0.05, 0) is 11.4 Å². The Hall–Kier alpha value is -1.94. The van der Waals surface area contributed by atoms with E-state index in [1.165, 1.54) is 0 Å². The Labute approximate surface area is 97.1 Å². The Balaban J connectivity index is 2.11. The van der Waals surface area contributed by atoms with Crippen LogP contribution in [0.4, 0.5) is 0 Å². The molecule has 3 nitrogen and oxygen atoms in total. The minimum Gasteiger partial charge on any atom is -0.142 e. The molecule has 2 aromatic rings. The number of nitrogens with zero attached hydrogens (tertiary/aromatic N) is 2. The van der Waals surface area contributed by atoms with Crippen LogP contribution in [0.1, 0.15) is 10.4 Å². The molecule has 1 aromatic heterocycles. The summed E-state index contributed by atoms with van der Waals surface area (Å²) in [5.41, 5.74) is 5.93. The molecule has 1 aliphatic heterocycles. The molecule has 2 heterocycles. The van der Waals surface area contributed by atoms with Gasteiger partial charge in [0.15, 0.2) is 11.4 Å². The monoisotopic (exact) mass is 227 g/mol. The zero-order valence-electron chi connectivity index (χ0n) is 8.42. The highest BCUT2D eigenvalue weighted by atomic mass is 32.1. The third-order valence-electron chi connectivity index (χ3n) is 2.36. The number of benzene rings is 1. The lowest BCUT2D eigenvalue weighted by atomic mass is 10.1. The molecule has 0 spiro atoms. The van der Waals surface area contributed by atoms with Crippen molar-refractivity contribution >= 4 is 22.7 Å². The average molecular weight is 227 g/mol. The largest absolute Gasteiger partial charge is 0.331 e. The van der Waals surface area contributed by atoms with Crippen LogP contribution in [-0.2, 0) is 0 Å². The number of thiophene rings is 1. The van der Waals surface area contributed by atoms with E-state index in [1.54, 1.807) is 11.3 Å². The van der Waals surface area contributed by atoms with Crippen LogP contribution in [0.25, 0.3) is 11.4 Å². The molecule has 0 amide bonds. The quantitative estimate of drug-likeness (QED) is 0.841. The van der Waals surface area contributed by atoms with E-state index in [-0.39, 0.29) is 0 Å². The average Bonchev–Trinajstić information content (AvgIpc) is 3.01. The number of hydrogen-bond acceptors (Lipinski definition) is 4. The summed E-state index contributed by atoms with van der Waals surface area (Å²) >= 11 is 1.68. The standard InChI is InChI=1S/C12H9N3S/c1-2-5-9(6-3-1)11-12(14-15-13-11)10-7-4-8-16-10/h1-8H,(H,13,14)/q+1. The van der Waals surface area contributed by atoms with Gasteiger partial charge in [0, 0.05) is 5.56 Å². The van der Waals surface area contributed by atoms with Crippen LogP contribution in [0.15, 0.2) is 53.0 Å². The summed E-state index contributed by atoms with van der Waals surface area (Å²) in [6.45, 7) is 0. The second-order valence-corrected chi connectivity index (χ2v) is 4.33. The zero-order chi connectivity index (χ0) is 10.8. The predicted octanol–water partition coefficient (Wildman–Crippen LogP) is 2.88. The van der Waals surface area contributed by atoms with Gasteiger partial charge in [-0.2, -0.15) is 0 Å². The third kappa shape index (κ3) is 1.53. The first-order valence-corrected chi connectivity index (χ1v) is 5.83. The second kappa shape index (κ2) is 3.90. The molecule has 3 rings (SSSR count). The van der Waals surface area contributed by atoms with Gasteiger partial charge in [0.05, 0.1) is 4.88 Å². The van der Waals surface area contributed by atoms with Gasteiger partial charge in [0.25, 0.3) is 0 Å². The summed E-state index contributed by atoms with van der Waals surface area (Å²) in [6.07, 6.45) is 0. The van der Waals surface area contributed by atoms with Gasteiger partial charge in [0.2, 0.25) is 0 Å². The topological polar surface area (TPSA) is 38.5 Å². The summed E-state index contributed by atoms with van der Waals surface area (Å²) in [6, 6.07) is 14.2. The molecular formula is C12H9N3S+. The predicted molar refractivity (Wildman–Crippen MR) is 65.3 cm³/mol. The molecule has 0 saturated heterocycles. The maximum absolute atomic E-state index is 4.14. The van der Waals surface area contributed by atoms with Crippen molar-refractivity contribution in [2.75, 3.05) is 0 Å². The summed E-state index contributed by atoms with van der Waals surface area (Å²) in [7, 11) is 0. The lowest BCUT2D eigenvalue weighted by molar-refractivity contribution is 0.823. The van der Waals surface area contributed by atoms with E-state index in [9.17, 15) is 0 Å². The van der Waals surface area contributed by atoms with Crippen molar-refractivity contribution < 1.29 is 0 Å². The highest BCUT2D eigenvalue weighted by Gasteiger charge is 2.24. The highest BCUT2D eigenvalue weighted by molar-refractivity contribution is 7.11. The van der Waals surface area contributed by atoms with Crippen molar-refractivity contribution in [3.05, 3.63) is 58.3 Å². The van der Waals surface area contributed by atoms with Crippen molar-refractivity contribution in [1.82, 2.24) is 10.6 Å². The minimum atomic E-state index is 0.906. The molecule has 16 heavy (non-hydrogen) atoms. The Morgan fingerprint density at radius 1 is 1.06 bits per heavy atom. The van der Waals surface area contributed by atoms with E-state index in [0.717, 1.165) is 21.8 Å². The van der Waals surface area contributed by atoms with E-state index < -0.39 is 0 Å². The molecule has 1 radical (unpaired) electrons. The maximum Gasteiger partial charge on any atom is 0.331 e. The molecule has 0 bridgehead atoms. The van der Waals surface area contributed by atoms with E-state index in [0.29, 0.717) is 0 Å². The van der Waals surface area contributed by atoms with Crippen molar-refractivity contribution in [3.63, 3.8) is 0 Å². The molecule has 0 aliphatic carbocycles. The van der Waals surface area contributed by atoms with Gasteiger partial charge in [-0.3, -0.25) is 0 Å². The fourth-order valence-corrected chi connectivity index (χ4v) is 2.34. The van der Waals surface area contributed by atoms with Crippen LogP contribution in [0, 0.1) is 0 Å². The van der Waals surface area contributed by atoms with Crippen LogP contribution >= 0.6 is 11.3 Å². The Morgan fingerprint density at radius 2 is 1.94 bits per heavy atom. The summed E-state index contributed by atoms with van der Waals surface area (Å²) < 4.78 is 0. The molecule has 0 atom stereocenters. The normalized spacial score (nSPS) is 14.2. The van der Waals surface area contributed by atoms with Gasteiger partial charge in [-0.1, -0.05) is 41.8 Å². The van der Waals surface area contributed by atoms with E-state index in [1.807, 2.05) is 41.8 Å². The van der Waals surface area contributed by atoms with E-state index >= 15 is 0 Å². The van der Waals surface area contributed by atoms with Crippen LogP contribution in [-0.4, -0.2) is 0 Å². The van der Waals surface area contributed by atoms with Crippen LogP contribution in [0.5, 0.6) is 0 Å². The van der Waals surface area contributed by atoms with Gasteiger partial charge in [0.1, 0.15) is 5.11 Å². The molecule has 4 heteroatoms. The van der Waals surface area contributed by atoms with Gasteiger partial charge in [-0.25, -0.2) is 0 Å². The van der Waals surface area contributed by atoms with Crippen molar-refractivity contribution in [2.45, 2.75) is 0 Å². The summed E-state index contributed by atoms with van der Waals surface area (Å²) in [5, 5.41) is 10.1. The fraction of sp³-hybridized carbons (Fsp3) is 0. The molecule has 1 N–H and O–H groups in total. The molecule has 0 unspecified atom stereocenters. The first kappa shape index (κ1) is 9.30. The Kier molecular flexibility index (Phi) is 2.27. The molecule has 1 aromatic carbocycles. The van der Waals surface area contributed by atoms with Crippen molar-refractivity contribution in [3.8, 4) is 0 Å². The summed E-state index contributed by atoms with van der Waals surface area (Å²) in [4.78, 5) is 1.16. The zero-order valence-corrected chi connectivity index (χ0v) is 9.24. The first-order chi connectivity index (χ1) is 7.95. The van der Waals surface area contributed by atoms with E-state index in [4.69, 9.17) is 0 Å². The maximum atomic E-state index is 4.14. The Bertz CT molecular complexity index is 541. The highest BCUT2D eigenvalue weighted by Crippen LogP contribution is 2.29. The lowest BCUT2D eigenvalue weighted by Crippen LogP contribution is -2.07. The first-order valence-electron chi connectivity index (χ1n) is 4.95. The van der Waals surface area contributed by atoms with Crippen LogP contribution in [0.3, 0.4) is 0 Å².